The topological polar surface area (TPSA) is 78.9 Å². The van der Waals surface area contributed by atoms with Gasteiger partial charge in [0.05, 0.1) is 0 Å². The van der Waals surface area contributed by atoms with Crippen molar-refractivity contribution in [3.8, 4) is 0 Å². The van der Waals surface area contributed by atoms with Crippen LogP contribution in [-0.2, 0) is 28.6 Å². The van der Waals surface area contributed by atoms with Gasteiger partial charge in [-0.15, -0.1) is 0 Å². The first kappa shape index (κ1) is 59.4. The molecule has 0 aliphatic carbocycles. The van der Waals surface area contributed by atoms with E-state index < -0.39 is 6.10 Å². The van der Waals surface area contributed by atoms with Crippen LogP contribution in [0.5, 0.6) is 0 Å². The predicted octanol–water partition coefficient (Wildman–Crippen LogP) is 17.7. The van der Waals surface area contributed by atoms with Crippen LogP contribution in [0, 0.1) is 11.8 Å². The summed E-state index contributed by atoms with van der Waals surface area (Å²) in [6.45, 7) is 11.4. The fraction of sp³-hybridized carbons (Fsp3) is 0.945. The Morgan fingerprint density at radius 3 is 0.934 bits per heavy atom. The summed E-state index contributed by atoms with van der Waals surface area (Å²) < 4.78 is 16.8. The standard InChI is InChI=1S/C55H106O6/c1-6-8-9-10-11-12-13-16-20-25-30-35-40-45-53(56)59-48-52(49-60-54(57)46-41-36-31-27-22-23-28-33-38-43-50(3)4)61-55(58)47-42-37-32-26-21-18-15-14-17-19-24-29-34-39-44-51(5)7-2/h50-52H,6-49H2,1-5H3/t51?,52-/m0/s1. The molecule has 0 heterocycles. The molecule has 0 radical (unpaired) electrons. The molecular formula is C55H106O6. The van der Waals surface area contributed by atoms with Crippen LogP contribution in [0.4, 0.5) is 0 Å². The number of ether oxygens (including phenoxy) is 3. The quantitative estimate of drug-likeness (QED) is 0.0344. The zero-order chi connectivity index (χ0) is 44.7. The maximum absolute atomic E-state index is 12.8. The van der Waals surface area contributed by atoms with Crippen LogP contribution in [0.3, 0.4) is 0 Å². The molecule has 0 bridgehead atoms. The van der Waals surface area contributed by atoms with Crippen LogP contribution in [0.15, 0.2) is 0 Å². The fourth-order valence-electron chi connectivity index (χ4n) is 8.31. The summed E-state index contributed by atoms with van der Waals surface area (Å²) in [7, 11) is 0. The molecule has 0 fully saturated rings. The van der Waals surface area contributed by atoms with Gasteiger partial charge in [0, 0.05) is 19.3 Å². The Kier molecular flexibility index (Phi) is 46.6. The Morgan fingerprint density at radius 2 is 0.623 bits per heavy atom. The number of carbonyl (C=O) groups is 3. The third kappa shape index (κ3) is 47.7. The molecule has 1 unspecified atom stereocenters. The van der Waals surface area contributed by atoms with Gasteiger partial charge in [0.2, 0.25) is 0 Å². The predicted molar refractivity (Wildman–Crippen MR) is 261 cm³/mol. The molecule has 0 spiro atoms. The maximum atomic E-state index is 12.8. The van der Waals surface area contributed by atoms with Crippen LogP contribution >= 0.6 is 0 Å². The Hall–Kier alpha value is -1.59. The average Bonchev–Trinajstić information content (AvgIpc) is 3.24. The number of hydrogen-bond donors (Lipinski definition) is 0. The molecule has 0 saturated heterocycles. The number of esters is 3. The summed E-state index contributed by atoms with van der Waals surface area (Å²) in [4.78, 5) is 38.0. The minimum Gasteiger partial charge on any atom is -0.462 e. The van der Waals surface area contributed by atoms with E-state index in [2.05, 4.69) is 34.6 Å². The zero-order valence-corrected chi connectivity index (χ0v) is 41.8. The molecule has 0 aromatic heterocycles. The lowest BCUT2D eigenvalue weighted by molar-refractivity contribution is -0.167. The molecule has 0 amide bonds. The third-order valence-electron chi connectivity index (χ3n) is 12.8. The SMILES string of the molecule is CCCCCCCCCCCCCCCC(=O)OC[C@@H](COC(=O)CCCCCCCCCCCC(C)C)OC(=O)CCCCCCCCCCCCCCCCC(C)CC. The van der Waals surface area contributed by atoms with E-state index in [1.165, 1.54) is 193 Å². The molecule has 0 aliphatic heterocycles. The molecule has 0 rings (SSSR count). The van der Waals surface area contributed by atoms with Crippen LogP contribution in [0.1, 0.15) is 304 Å². The summed E-state index contributed by atoms with van der Waals surface area (Å²) in [5.74, 6) is 0.858. The van der Waals surface area contributed by atoms with E-state index in [1.807, 2.05) is 0 Å². The van der Waals surface area contributed by atoms with Gasteiger partial charge in [-0.05, 0) is 31.1 Å². The summed E-state index contributed by atoms with van der Waals surface area (Å²) in [5.41, 5.74) is 0. The Bertz CT molecular complexity index is 933. The first-order valence-corrected chi connectivity index (χ1v) is 27.3. The molecule has 0 aliphatic rings. The Morgan fingerprint density at radius 1 is 0.344 bits per heavy atom. The molecule has 0 saturated carbocycles. The van der Waals surface area contributed by atoms with Crippen molar-refractivity contribution < 1.29 is 28.6 Å². The summed E-state index contributed by atoms with van der Waals surface area (Å²) in [5, 5.41) is 0. The first-order chi connectivity index (χ1) is 29.8. The number of hydrogen-bond acceptors (Lipinski definition) is 6. The van der Waals surface area contributed by atoms with Crippen LogP contribution in [0.25, 0.3) is 0 Å². The van der Waals surface area contributed by atoms with E-state index in [4.69, 9.17) is 14.2 Å². The highest BCUT2D eigenvalue weighted by Gasteiger charge is 2.19. The van der Waals surface area contributed by atoms with Gasteiger partial charge in [0.15, 0.2) is 6.10 Å². The third-order valence-corrected chi connectivity index (χ3v) is 12.8. The lowest BCUT2D eigenvalue weighted by atomic mass is 9.99. The number of unbranched alkanes of at least 4 members (excludes halogenated alkanes) is 33. The van der Waals surface area contributed by atoms with Gasteiger partial charge in [0.1, 0.15) is 13.2 Å². The van der Waals surface area contributed by atoms with E-state index in [1.54, 1.807) is 0 Å². The van der Waals surface area contributed by atoms with Crippen LogP contribution < -0.4 is 0 Å². The van der Waals surface area contributed by atoms with Crippen molar-refractivity contribution >= 4 is 17.9 Å². The van der Waals surface area contributed by atoms with E-state index in [-0.39, 0.29) is 31.1 Å². The van der Waals surface area contributed by atoms with Gasteiger partial charge in [-0.3, -0.25) is 14.4 Å². The second-order valence-electron chi connectivity index (χ2n) is 19.6. The lowest BCUT2D eigenvalue weighted by Gasteiger charge is -2.18. The lowest BCUT2D eigenvalue weighted by Crippen LogP contribution is -2.30. The molecule has 362 valence electrons. The zero-order valence-electron chi connectivity index (χ0n) is 41.8. The number of carbonyl (C=O) groups excluding carboxylic acids is 3. The Labute approximate surface area is 380 Å². The van der Waals surface area contributed by atoms with Crippen molar-refractivity contribution in [3.63, 3.8) is 0 Å². The first-order valence-electron chi connectivity index (χ1n) is 27.3. The van der Waals surface area contributed by atoms with Crippen molar-refractivity contribution in [2.75, 3.05) is 13.2 Å². The van der Waals surface area contributed by atoms with Gasteiger partial charge >= 0.3 is 17.9 Å². The van der Waals surface area contributed by atoms with E-state index in [9.17, 15) is 14.4 Å². The van der Waals surface area contributed by atoms with Gasteiger partial charge in [-0.2, -0.15) is 0 Å². The number of rotatable bonds is 49. The highest BCUT2D eigenvalue weighted by molar-refractivity contribution is 5.71. The molecule has 6 heteroatoms. The van der Waals surface area contributed by atoms with Crippen molar-refractivity contribution in [1.29, 1.82) is 0 Å². The van der Waals surface area contributed by atoms with E-state index in [0.717, 1.165) is 69.6 Å². The van der Waals surface area contributed by atoms with E-state index in [0.29, 0.717) is 19.3 Å². The van der Waals surface area contributed by atoms with E-state index >= 15 is 0 Å². The van der Waals surface area contributed by atoms with Crippen molar-refractivity contribution in [1.82, 2.24) is 0 Å². The van der Waals surface area contributed by atoms with Crippen molar-refractivity contribution in [2.45, 2.75) is 310 Å². The molecule has 0 N–H and O–H groups in total. The minimum atomic E-state index is -0.762. The highest BCUT2D eigenvalue weighted by Crippen LogP contribution is 2.18. The van der Waals surface area contributed by atoms with Crippen molar-refractivity contribution in [2.24, 2.45) is 11.8 Å². The molecule has 0 aromatic carbocycles. The molecular weight excluding hydrogens is 757 g/mol. The van der Waals surface area contributed by atoms with Crippen LogP contribution in [-0.4, -0.2) is 37.2 Å². The molecule has 61 heavy (non-hydrogen) atoms. The van der Waals surface area contributed by atoms with Crippen molar-refractivity contribution in [3.05, 3.63) is 0 Å². The smallest absolute Gasteiger partial charge is 0.306 e. The monoisotopic (exact) mass is 863 g/mol. The fourth-order valence-corrected chi connectivity index (χ4v) is 8.31. The largest absolute Gasteiger partial charge is 0.462 e. The van der Waals surface area contributed by atoms with Crippen LogP contribution in [0.2, 0.25) is 0 Å². The molecule has 6 nitrogen and oxygen atoms in total. The summed E-state index contributed by atoms with van der Waals surface area (Å²) in [6, 6.07) is 0. The molecule has 0 aromatic rings. The van der Waals surface area contributed by atoms with Gasteiger partial charge in [-0.25, -0.2) is 0 Å². The van der Waals surface area contributed by atoms with Gasteiger partial charge in [-0.1, -0.05) is 266 Å². The highest BCUT2D eigenvalue weighted by atomic mass is 16.6. The Balaban J connectivity index is 4.30. The second kappa shape index (κ2) is 47.9. The van der Waals surface area contributed by atoms with Gasteiger partial charge < -0.3 is 14.2 Å². The minimum absolute atomic E-state index is 0.0633. The summed E-state index contributed by atoms with van der Waals surface area (Å²) in [6.07, 6.45) is 49.4. The summed E-state index contributed by atoms with van der Waals surface area (Å²) >= 11 is 0. The second-order valence-corrected chi connectivity index (χ2v) is 19.6. The average molecular weight is 863 g/mol. The maximum Gasteiger partial charge on any atom is 0.306 e. The normalized spacial score (nSPS) is 12.5. The molecule has 2 atom stereocenters. The van der Waals surface area contributed by atoms with Gasteiger partial charge in [0.25, 0.3) is 0 Å².